The van der Waals surface area contributed by atoms with Crippen molar-refractivity contribution in [2.45, 2.75) is 6.04 Å². The molecule has 1 atom stereocenters. The van der Waals surface area contributed by atoms with Crippen LogP contribution in [0.2, 0.25) is 5.02 Å². The Hall–Kier alpha value is -3.52. The molecule has 2 aromatic rings. The van der Waals surface area contributed by atoms with Gasteiger partial charge in [0.25, 0.3) is 0 Å². The number of nitrogens with zero attached hydrogens (tertiary/aromatic N) is 1. The van der Waals surface area contributed by atoms with Gasteiger partial charge in [0, 0.05) is 10.7 Å². The first-order chi connectivity index (χ1) is 14.5. The number of urea groups is 1. The summed E-state index contributed by atoms with van der Waals surface area (Å²) in [6.45, 7) is -0.343. The maximum atomic E-state index is 12.8. The number of hydrogen-bond donors (Lipinski definition) is 2. The van der Waals surface area contributed by atoms with E-state index in [1.807, 2.05) is 0 Å². The third-order valence-electron chi connectivity index (χ3n) is 4.86. The highest BCUT2D eigenvalue weighted by atomic mass is 35.5. The summed E-state index contributed by atoms with van der Waals surface area (Å²) < 4.78 is 10.2. The Kier molecular flexibility index (Phi) is 5.33. The highest BCUT2D eigenvalue weighted by Crippen LogP contribution is 2.35. The second-order valence-corrected chi connectivity index (χ2v) is 7.17. The third-order valence-corrected chi connectivity index (χ3v) is 5.09. The maximum Gasteiger partial charge on any atom is 0.338 e. The predicted molar refractivity (Wildman–Crippen MR) is 109 cm³/mol. The molecule has 154 valence electrons. The number of methoxy groups -OCH3 is 1. The van der Waals surface area contributed by atoms with Crippen LogP contribution in [0.4, 0.5) is 10.5 Å². The van der Waals surface area contributed by atoms with Gasteiger partial charge in [-0.15, -0.1) is 0 Å². The van der Waals surface area contributed by atoms with Gasteiger partial charge in [-0.2, -0.15) is 0 Å². The van der Waals surface area contributed by atoms with E-state index in [1.165, 1.54) is 4.90 Å². The van der Waals surface area contributed by atoms with E-state index in [2.05, 4.69) is 10.6 Å². The summed E-state index contributed by atoms with van der Waals surface area (Å²) in [6.07, 6.45) is 0. The Morgan fingerprint density at radius 1 is 1.27 bits per heavy atom. The smallest absolute Gasteiger partial charge is 0.338 e. The third kappa shape index (κ3) is 3.81. The van der Waals surface area contributed by atoms with Crippen LogP contribution in [0.5, 0.6) is 5.75 Å². The lowest BCUT2D eigenvalue weighted by Gasteiger charge is -2.32. The van der Waals surface area contributed by atoms with Crippen molar-refractivity contribution in [3.05, 3.63) is 70.4 Å². The lowest BCUT2D eigenvalue weighted by Crippen LogP contribution is -2.49. The van der Waals surface area contributed by atoms with Crippen molar-refractivity contribution in [1.29, 1.82) is 0 Å². The van der Waals surface area contributed by atoms with E-state index in [0.29, 0.717) is 33.3 Å². The summed E-state index contributed by atoms with van der Waals surface area (Å²) >= 11 is 6.06. The van der Waals surface area contributed by atoms with Gasteiger partial charge in [0.2, 0.25) is 5.91 Å². The van der Waals surface area contributed by atoms with Crippen LogP contribution in [0.3, 0.4) is 0 Å². The topological polar surface area (TPSA) is 97.0 Å². The van der Waals surface area contributed by atoms with Crippen molar-refractivity contribution >= 4 is 35.2 Å². The molecule has 0 radical (unpaired) electrons. The van der Waals surface area contributed by atoms with Crippen LogP contribution in [0.1, 0.15) is 11.6 Å². The molecular formula is C21H18ClN3O5. The number of cyclic esters (lactones) is 1. The zero-order valence-electron chi connectivity index (χ0n) is 16.0. The number of carbonyl (C=O) groups is 3. The minimum Gasteiger partial charge on any atom is -0.497 e. The monoisotopic (exact) mass is 427 g/mol. The largest absolute Gasteiger partial charge is 0.497 e. The molecule has 0 aromatic heterocycles. The van der Waals surface area contributed by atoms with Gasteiger partial charge in [0.15, 0.2) is 0 Å². The number of amides is 3. The fourth-order valence-corrected chi connectivity index (χ4v) is 3.63. The molecule has 0 spiro atoms. The molecule has 0 aliphatic carbocycles. The van der Waals surface area contributed by atoms with Gasteiger partial charge in [-0.05, 0) is 42.0 Å². The Labute approximate surface area is 177 Å². The van der Waals surface area contributed by atoms with Gasteiger partial charge in [-0.3, -0.25) is 9.69 Å². The second kappa shape index (κ2) is 8.08. The second-order valence-electron chi connectivity index (χ2n) is 6.74. The first kappa shape index (κ1) is 19.8. The van der Waals surface area contributed by atoms with Crippen LogP contribution in [0, 0.1) is 0 Å². The van der Waals surface area contributed by atoms with Gasteiger partial charge in [0.05, 0.1) is 24.4 Å². The number of esters is 1. The number of rotatable bonds is 5. The summed E-state index contributed by atoms with van der Waals surface area (Å²) in [7, 11) is 1.55. The average molecular weight is 428 g/mol. The Morgan fingerprint density at radius 2 is 2.03 bits per heavy atom. The van der Waals surface area contributed by atoms with Crippen LogP contribution in [-0.2, 0) is 14.3 Å². The standard InChI is InChI=1S/C21H18ClN3O5/c1-29-15-7-5-14(6-8-15)23-17(26)10-25-16-11-30-20(27)18(16)19(24-21(25)28)12-3-2-4-13(22)9-12/h2-9,19H,10-11H2,1H3,(H,23,26)(H,24,28). The van der Waals surface area contributed by atoms with Crippen molar-refractivity contribution in [3.63, 3.8) is 0 Å². The molecule has 3 amide bonds. The average Bonchev–Trinajstić information content (AvgIpc) is 3.12. The Bertz CT molecular complexity index is 1050. The quantitative estimate of drug-likeness (QED) is 0.715. The normalized spacial score (nSPS) is 17.9. The molecule has 0 saturated carbocycles. The number of benzene rings is 2. The number of halogens is 1. The zero-order valence-corrected chi connectivity index (χ0v) is 16.7. The minimum absolute atomic E-state index is 0.0749. The van der Waals surface area contributed by atoms with Gasteiger partial charge in [-0.25, -0.2) is 9.59 Å². The van der Waals surface area contributed by atoms with Crippen LogP contribution in [0.25, 0.3) is 0 Å². The molecule has 8 nitrogen and oxygen atoms in total. The molecule has 2 aromatic carbocycles. The molecule has 0 saturated heterocycles. The molecule has 2 aliphatic rings. The lowest BCUT2D eigenvalue weighted by molar-refractivity contribution is -0.136. The van der Waals surface area contributed by atoms with Gasteiger partial charge in [0.1, 0.15) is 18.9 Å². The molecule has 9 heteroatoms. The summed E-state index contributed by atoms with van der Waals surface area (Å²) in [5.74, 6) is -0.287. The predicted octanol–water partition coefficient (Wildman–Crippen LogP) is 2.86. The Morgan fingerprint density at radius 3 is 2.73 bits per heavy atom. The first-order valence-corrected chi connectivity index (χ1v) is 9.51. The maximum absolute atomic E-state index is 12.8. The fourth-order valence-electron chi connectivity index (χ4n) is 3.43. The van der Waals surface area contributed by atoms with E-state index in [9.17, 15) is 14.4 Å². The van der Waals surface area contributed by atoms with Crippen LogP contribution >= 0.6 is 11.6 Å². The van der Waals surface area contributed by atoms with Crippen molar-refractivity contribution < 1.29 is 23.9 Å². The fraction of sp³-hybridized carbons (Fsp3) is 0.190. The van der Waals surface area contributed by atoms with Crippen LogP contribution in [-0.4, -0.2) is 43.1 Å². The summed E-state index contributed by atoms with van der Waals surface area (Å²) in [5, 5.41) is 5.97. The molecule has 0 fully saturated rings. The molecule has 1 unspecified atom stereocenters. The number of hydrogen-bond acceptors (Lipinski definition) is 5. The number of nitrogens with one attached hydrogen (secondary N) is 2. The van der Waals surface area contributed by atoms with Crippen molar-refractivity contribution in [2.75, 3.05) is 25.6 Å². The number of anilines is 1. The van der Waals surface area contributed by atoms with Gasteiger partial charge >= 0.3 is 12.0 Å². The lowest BCUT2D eigenvalue weighted by atomic mass is 9.96. The molecule has 4 rings (SSSR count). The van der Waals surface area contributed by atoms with E-state index in [-0.39, 0.29) is 13.2 Å². The molecule has 0 bridgehead atoms. The highest BCUT2D eigenvalue weighted by Gasteiger charge is 2.42. The molecule has 2 N–H and O–H groups in total. The zero-order chi connectivity index (χ0) is 21.3. The number of ether oxygens (including phenoxy) is 2. The van der Waals surface area contributed by atoms with E-state index in [4.69, 9.17) is 21.1 Å². The first-order valence-electron chi connectivity index (χ1n) is 9.14. The Balaban J connectivity index is 1.56. The van der Waals surface area contributed by atoms with Crippen molar-refractivity contribution in [1.82, 2.24) is 10.2 Å². The SMILES string of the molecule is COc1ccc(NC(=O)CN2C(=O)NC(c3cccc(Cl)c3)C3=C2COC3=O)cc1. The van der Waals surface area contributed by atoms with Gasteiger partial charge in [-0.1, -0.05) is 23.7 Å². The number of carbonyl (C=O) groups excluding carboxylic acids is 3. The molecule has 2 heterocycles. The minimum atomic E-state index is -0.693. The van der Waals surface area contributed by atoms with Crippen molar-refractivity contribution in [2.24, 2.45) is 0 Å². The molecular weight excluding hydrogens is 410 g/mol. The molecule has 2 aliphatic heterocycles. The van der Waals surface area contributed by atoms with Gasteiger partial charge < -0.3 is 20.1 Å². The summed E-state index contributed by atoms with van der Waals surface area (Å²) in [6, 6.07) is 12.5. The van der Waals surface area contributed by atoms with Crippen LogP contribution < -0.4 is 15.4 Å². The molecule has 30 heavy (non-hydrogen) atoms. The van der Waals surface area contributed by atoms with E-state index in [1.54, 1.807) is 55.6 Å². The summed E-state index contributed by atoms with van der Waals surface area (Å²) in [4.78, 5) is 38.9. The van der Waals surface area contributed by atoms with E-state index >= 15 is 0 Å². The van der Waals surface area contributed by atoms with E-state index in [0.717, 1.165) is 0 Å². The summed E-state index contributed by atoms with van der Waals surface area (Å²) in [5.41, 5.74) is 1.89. The van der Waals surface area contributed by atoms with Crippen molar-refractivity contribution in [3.8, 4) is 5.75 Å². The van der Waals surface area contributed by atoms with E-state index < -0.39 is 23.9 Å². The highest BCUT2D eigenvalue weighted by molar-refractivity contribution is 6.30. The van der Waals surface area contributed by atoms with Crippen LogP contribution in [0.15, 0.2) is 59.8 Å².